The Balaban J connectivity index is 1.96. The van der Waals surface area contributed by atoms with Crippen LogP contribution < -0.4 is 10.6 Å². The van der Waals surface area contributed by atoms with Crippen molar-refractivity contribution in [2.75, 3.05) is 60.2 Å². The SMILES string of the molecule is CN(C)CCOCCNC(=O)C1COCCN1. The standard InChI is InChI=1S/C11H23N3O3/c1-14(2)5-8-16-6-4-13-11(15)10-9-17-7-3-12-10/h10,12H,3-9H2,1-2H3,(H,13,15). The molecule has 1 rings (SSSR count). The molecular formula is C11H23N3O3. The number of hydrogen-bond acceptors (Lipinski definition) is 5. The van der Waals surface area contributed by atoms with E-state index in [1.165, 1.54) is 0 Å². The summed E-state index contributed by atoms with van der Waals surface area (Å²) in [4.78, 5) is 13.7. The number of hydrogen-bond donors (Lipinski definition) is 2. The number of ether oxygens (including phenoxy) is 2. The second-order valence-electron chi connectivity index (χ2n) is 4.29. The number of carbonyl (C=O) groups is 1. The Bertz CT molecular complexity index is 218. The molecule has 2 N–H and O–H groups in total. The van der Waals surface area contributed by atoms with E-state index in [1.54, 1.807) is 0 Å². The maximum Gasteiger partial charge on any atom is 0.239 e. The van der Waals surface area contributed by atoms with Crippen molar-refractivity contribution >= 4 is 5.91 Å². The van der Waals surface area contributed by atoms with Crippen molar-refractivity contribution in [3.05, 3.63) is 0 Å². The van der Waals surface area contributed by atoms with Crippen LogP contribution in [-0.4, -0.2) is 77.0 Å². The molecule has 0 aromatic heterocycles. The monoisotopic (exact) mass is 245 g/mol. The second kappa shape index (κ2) is 8.41. The van der Waals surface area contributed by atoms with Crippen LogP contribution in [0.3, 0.4) is 0 Å². The Morgan fingerprint density at radius 2 is 2.35 bits per heavy atom. The highest BCUT2D eigenvalue weighted by Gasteiger charge is 2.20. The molecule has 1 saturated heterocycles. The van der Waals surface area contributed by atoms with Gasteiger partial charge < -0.3 is 25.0 Å². The molecule has 6 heteroatoms. The minimum Gasteiger partial charge on any atom is -0.378 e. The van der Waals surface area contributed by atoms with E-state index in [1.807, 2.05) is 14.1 Å². The predicted octanol–water partition coefficient (Wildman–Crippen LogP) is -1.33. The summed E-state index contributed by atoms with van der Waals surface area (Å²) in [5.74, 6) is -0.0130. The van der Waals surface area contributed by atoms with Crippen LogP contribution in [0.1, 0.15) is 0 Å². The Labute approximate surface area is 103 Å². The number of nitrogens with zero attached hydrogens (tertiary/aromatic N) is 1. The molecular weight excluding hydrogens is 222 g/mol. The normalized spacial score (nSPS) is 20.5. The van der Waals surface area contributed by atoms with E-state index in [0.717, 1.165) is 13.1 Å². The molecule has 0 spiro atoms. The summed E-state index contributed by atoms with van der Waals surface area (Å²) in [6.45, 7) is 4.54. The van der Waals surface area contributed by atoms with Gasteiger partial charge in [0.05, 0.1) is 26.4 Å². The first-order chi connectivity index (χ1) is 8.20. The molecule has 100 valence electrons. The van der Waals surface area contributed by atoms with Crippen LogP contribution in [0.15, 0.2) is 0 Å². The van der Waals surface area contributed by atoms with Gasteiger partial charge in [0.1, 0.15) is 6.04 Å². The minimum atomic E-state index is -0.217. The summed E-state index contributed by atoms with van der Waals surface area (Å²) in [6.07, 6.45) is 0. The van der Waals surface area contributed by atoms with Crippen molar-refractivity contribution in [3.8, 4) is 0 Å². The van der Waals surface area contributed by atoms with E-state index >= 15 is 0 Å². The first-order valence-corrected chi connectivity index (χ1v) is 6.01. The van der Waals surface area contributed by atoms with Gasteiger partial charge in [-0.2, -0.15) is 0 Å². The van der Waals surface area contributed by atoms with E-state index in [0.29, 0.717) is 33.0 Å². The largest absolute Gasteiger partial charge is 0.378 e. The quantitative estimate of drug-likeness (QED) is 0.544. The molecule has 1 amide bonds. The maximum absolute atomic E-state index is 11.6. The number of amides is 1. The van der Waals surface area contributed by atoms with Crippen molar-refractivity contribution < 1.29 is 14.3 Å². The molecule has 1 heterocycles. The van der Waals surface area contributed by atoms with Crippen molar-refractivity contribution in [1.82, 2.24) is 15.5 Å². The Morgan fingerprint density at radius 1 is 1.53 bits per heavy atom. The van der Waals surface area contributed by atoms with Gasteiger partial charge in [-0.05, 0) is 14.1 Å². The third-order valence-corrected chi connectivity index (χ3v) is 2.47. The average Bonchev–Trinajstić information content (AvgIpc) is 2.34. The molecule has 17 heavy (non-hydrogen) atoms. The summed E-state index contributed by atoms with van der Waals surface area (Å²) in [6, 6.07) is -0.217. The lowest BCUT2D eigenvalue weighted by Gasteiger charge is -2.22. The van der Waals surface area contributed by atoms with Gasteiger partial charge in [-0.25, -0.2) is 0 Å². The van der Waals surface area contributed by atoms with Crippen LogP contribution >= 0.6 is 0 Å². The zero-order valence-electron chi connectivity index (χ0n) is 10.7. The van der Waals surface area contributed by atoms with Crippen LogP contribution in [0, 0.1) is 0 Å². The lowest BCUT2D eigenvalue weighted by Crippen LogP contribution is -2.51. The summed E-state index contributed by atoms with van der Waals surface area (Å²) in [5, 5.41) is 5.92. The van der Waals surface area contributed by atoms with E-state index in [4.69, 9.17) is 9.47 Å². The fraction of sp³-hybridized carbons (Fsp3) is 0.909. The molecule has 0 saturated carbocycles. The number of rotatable bonds is 7. The average molecular weight is 245 g/mol. The minimum absolute atomic E-state index is 0.0130. The summed E-state index contributed by atoms with van der Waals surface area (Å²) >= 11 is 0. The van der Waals surface area contributed by atoms with Crippen LogP contribution in [-0.2, 0) is 14.3 Å². The van der Waals surface area contributed by atoms with Gasteiger partial charge in [-0.3, -0.25) is 4.79 Å². The molecule has 1 aliphatic heterocycles. The number of carbonyl (C=O) groups excluding carboxylic acids is 1. The fourth-order valence-corrected chi connectivity index (χ4v) is 1.45. The van der Waals surface area contributed by atoms with Gasteiger partial charge in [-0.15, -0.1) is 0 Å². The van der Waals surface area contributed by atoms with E-state index in [9.17, 15) is 4.79 Å². The second-order valence-corrected chi connectivity index (χ2v) is 4.29. The highest BCUT2D eigenvalue weighted by atomic mass is 16.5. The maximum atomic E-state index is 11.6. The van der Waals surface area contributed by atoms with Crippen LogP contribution in [0.4, 0.5) is 0 Å². The number of likely N-dealkylation sites (N-methyl/N-ethyl adjacent to an activating group) is 1. The Morgan fingerprint density at radius 3 is 3.00 bits per heavy atom. The van der Waals surface area contributed by atoms with Gasteiger partial charge >= 0.3 is 0 Å². The lowest BCUT2D eigenvalue weighted by atomic mass is 10.2. The smallest absolute Gasteiger partial charge is 0.239 e. The highest BCUT2D eigenvalue weighted by Crippen LogP contribution is 1.92. The third-order valence-electron chi connectivity index (χ3n) is 2.47. The highest BCUT2D eigenvalue weighted by molar-refractivity contribution is 5.81. The van der Waals surface area contributed by atoms with Gasteiger partial charge in [0.15, 0.2) is 0 Å². The lowest BCUT2D eigenvalue weighted by molar-refractivity contribution is -0.126. The Kier molecular flexibility index (Phi) is 7.11. The molecule has 6 nitrogen and oxygen atoms in total. The predicted molar refractivity (Wildman–Crippen MR) is 65.0 cm³/mol. The van der Waals surface area contributed by atoms with Crippen LogP contribution in [0.2, 0.25) is 0 Å². The third kappa shape index (κ3) is 6.58. The van der Waals surface area contributed by atoms with Gasteiger partial charge in [-0.1, -0.05) is 0 Å². The zero-order chi connectivity index (χ0) is 12.5. The van der Waals surface area contributed by atoms with Crippen molar-refractivity contribution in [1.29, 1.82) is 0 Å². The van der Waals surface area contributed by atoms with Crippen molar-refractivity contribution in [2.24, 2.45) is 0 Å². The number of nitrogens with one attached hydrogen (secondary N) is 2. The van der Waals surface area contributed by atoms with Crippen LogP contribution in [0.25, 0.3) is 0 Å². The van der Waals surface area contributed by atoms with E-state index < -0.39 is 0 Å². The summed E-state index contributed by atoms with van der Waals surface area (Å²) in [5.41, 5.74) is 0. The first kappa shape index (κ1) is 14.4. The molecule has 0 radical (unpaired) electrons. The van der Waals surface area contributed by atoms with E-state index in [-0.39, 0.29) is 11.9 Å². The topological polar surface area (TPSA) is 62.8 Å². The summed E-state index contributed by atoms with van der Waals surface area (Å²) < 4.78 is 10.6. The first-order valence-electron chi connectivity index (χ1n) is 6.01. The molecule has 0 aromatic carbocycles. The van der Waals surface area contributed by atoms with Gasteiger partial charge in [0.2, 0.25) is 5.91 Å². The zero-order valence-corrected chi connectivity index (χ0v) is 10.7. The molecule has 0 aromatic rings. The van der Waals surface area contributed by atoms with E-state index in [2.05, 4.69) is 15.5 Å². The molecule has 0 bridgehead atoms. The van der Waals surface area contributed by atoms with Crippen LogP contribution in [0.5, 0.6) is 0 Å². The summed E-state index contributed by atoms with van der Waals surface area (Å²) in [7, 11) is 4.00. The van der Waals surface area contributed by atoms with Gasteiger partial charge in [0.25, 0.3) is 0 Å². The number of morpholine rings is 1. The molecule has 0 aliphatic carbocycles. The Hall–Kier alpha value is -0.690. The van der Waals surface area contributed by atoms with Crippen molar-refractivity contribution in [2.45, 2.75) is 6.04 Å². The van der Waals surface area contributed by atoms with Gasteiger partial charge in [0, 0.05) is 19.6 Å². The molecule has 1 atom stereocenters. The molecule has 1 fully saturated rings. The molecule has 1 aliphatic rings. The fourth-order valence-electron chi connectivity index (χ4n) is 1.45. The van der Waals surface area contributed by atoms with Crippen molar-refractivity contribution in [3.63, 3.8) is 0 Å². The molecule has 1 unspecified atom stereocenters.